The second-order valence-electron chi connectivity index (χ2n) is 8.99. The summed E-state index contributed by atoms with van der Waals surface area (Å²) < 4.78 is 22.3. The van der Waals surface area contributed by atoms with Crippen molar-refractivity contribution in [3.8, 4) is 23.0 Å². The summed E-state index contributed by atoms with van der Waals surface area (Å²) in [6, 6.07) is 7.56. The Hall–Kier alpha value is -3.48. The van der Waals surface area contributed by atoms with Gasteiger partial charge in [0.1, 0.15) is 5.54 Å². The van der Waals surface area contributed by atoms with Crippen molar-refractivity contribution in [2.45, 2.75) is 32.4 Å². The lowest BCUT2D eigenvalue weighted by atomic mass is 9.78. The molecule has 5 rings (SSSR count). The molecular weight excluding hydrogens is 422 g/mol. The van der Waals surface area contributed by atoms with Crippen molar-refractivity contribution in [2.24, 2.45) is 5.92 Å². The van der Waals surface area contributed by atoms with Gasteiger partial charge in [0.05, 0.1) is 28.4 Å². The predicted octanol–water partition coefficient (Wildman–Crippen LogP) is 4.35. The molecule has 2 aliphatic heterocycles. The second-order valence-corrected chi connectivity index (χ2v) is 8.99. The average molecular weight is 450 g/mol. The van der Waals surface area contributed by atoms with Crippen LogP contribution in [0.15, 0.2) is 24.3 Å². The van der Waals surface area contributed by atoms with Gasteiger partial charge in [-0.3, -0.25) is 9.59 Å². The topological polar surface area (TPSA) is 74.3 Å². The van der Waals surface area contributed by atoms with Gasteiger partial charge in [-0.2, -0.15) is 0 Å². The van der Waals surface area contributed by atoms with E-state index in [2.05, 4.69) is 0 Å². The number of methoxy groups -OCH3 is 4. The summed E-state index contributed by atoms with van der Waals surface area (Å²) in [5.74, 6) is 2.03. The van der Waals surface area contributed by atoms with E-state index in [4.69, 9.17) is 18.9 Å². The summed E-state index contributed by atoms with van der Waals surface area (Å²) in [6.45, 7) is 4.13. The molecule has 0 aromatic heterocycles. The zero-order valence-corrected chi connectivity index (χ0v) is 19.7. The maximum absolute atomic E-state index is 14.1. The van der Waals surface area contributed by atoms with Crippen molar-refractivity contribution in [2.75, 3.05) is 28.4 Å². The fraction of sp³-hybridized carbons (Fsp3) is 0.385. The second kappa shape index (κ2) is 7.27. The number of ketones is 1. The van der Waals surface area contributed by atoms with Crippen molar-refractivity contribution in [3.63, 3.8) is 0 Å². The van der Waals surface area contributed by atoms with Crippen LogP contribution in [0.3, 0.4) is 0 Å². The molecule has 0 unspecified atom stereocenters. The minimum Gasteiger partial charge on any atom is -0.493 e. The number of amides is 1. The number of Topliss-reactive ketones (excluding diaryl/α,β-unsaturated/α-hetero) is 1. The molecule has 0 radical (unpaired) electrons. The number of fused-ring (bicyclic) bond motifs is 7. The standard InChI is InChI=1S/C26H27NO6/c1-13-11-26(2)24(28)23-17-10-22(33-6)20(31-4)8-15(17)14-7-19(30-3)21(32-5)9-16(14)18(23)12-27(26)25(13)29/h7-10,13H,11-12H2,1-6H3/t13-,26+/m1/s1. The van der Waals surface area contributed by atoms with Crippen LogP contribution in [-0.4, -0.2) is 50.6 Å². The first kappa shape index (κ1) is 21.4. The van der Waals surface area contributed by atoms with Crippen LogP contribution in [0.4, 0.5) is 0 Å². The van der Waals surface area contributed by atoms with Crippen molar-refractivity contribution >= 4 is 33.2 Å². The van der Waals surface area contributed by atoms with E-state index in [-0.39, 0.29) is 17.6 Å². The lowest BCUT2D eigenvalue weighted by molar-refractivity contribution is -0.133. The monoisotopic (exact) mass is 449 g/mol. The lowest BCUT2D eigenvalue weighted by Crippen LogP contribution is -2.52. The van der Waals surface area contributed by atoms with Crippen LogP contribution in [0.25, 0.3) is 21.5 Å². The SMILES string of the molecule is COc1cc2c3c(c4cc(OC)c(OC)cc4c2cc1OC)C(=O)[C@]1(C)C[C@@H](C)C(=O)N1C3. The number of hydrogen-bond acceptors (Lipinski definition) is 6. The third-order valence-corrected chi connectivity index (χ3v) is 7.25. The van der Waals surface area contributed by atoms with Crippen LogP contribution in [0.5, 0.6) is 23.0 Å². The third kappa shape index (κ3) is 2.74. The zero-order chi connectivity index (χ0) is 23.7. The Morgan fingerprint density at radius 1 is 0.788 bits per heavy atom. The smallest absolute Gasteiger partial charge is 0.226 e. The molecule has 1 fully saturated rings. The van der Waals surface area contributed by atoms with Gasteiger partial charge in [0, 0.05) is 18.0 Å². The number of nitrogens with zero attached hydrogens (tertiary/aromatic N) is 1. The Balaban J connectivity index is 1.96. The van der Waals surface area contributed by atoms with Gasteiger partial charge < -0.3 is 23.8 Å². The van der Waals surface area contributed by atoms with E-state index in [1.807, 2.05) is 38.1 Å². The number of carbonyl (C=O) groups is 2. The van der Waals surface area contributed by atoms with E-state index in [9.17, 15) is 9.59 Å². The molecule has 7 heteroatoms. The summed E-state index contributed by atoms with van der Waals surface area (Å²) >= 11 is 0. The number of rotatable bonds is 4. The van der Waals surface area contributed by atoms with E-state index in [0.29, 0.717) is 41.5 Å². The van der Waals surface area contributed by atoms with Crippen LogP contribution >= 0.6 is 0 Å². The Kier molecular flexibility index (Phi) is 4.71. The van der Waals surface area contributed by atoms with Crippen LogP contribution in [0.1, 0.15) is 36.2 Å². The first-order valence-electron chi connectivity index (χ1n) is 10.9. The largest absolute Gasteiger partial charge is 0.493 e. The minimum absolute atomic E-state index is 0.0116. The highest BCUT2D eigenvalue weighted by atomic mass is 16.5. The Bertz CT molecular complexity index is 1350. The molecule has 1 amide bonds. The lowest BCUT2D eigenvalue weighted by Gasteiger charge is -2.40. The molecule has 172 valence electrons. The highest BCUT2D eigenvalue weighted by Crippen LogP contribution is 2.49. The molecule has 7 nitrogen and oxygen atoms in total. The maximum atomic E-state index is 14.1. The van der Waals surface area contributed by atoms with Crippen molar-refractivity contribution in [3.05, 3.63) is 35.4 Å². The Labute approximate surface area is 192 Å². The molecule has 0 bridgehead atoms. The quantitative estimate of drug-likeness (QED) is 0.552. The first-order valence-corrected chi connectivity index (χ1v) is 10.9. The molecule has 2 atom stereocenters. The summed E-state index contributed by atoms with van der Waals surface area (Å²) in [6.07, 6.45) is 0.503. The van der Waals surface area contributed by atoms with Gasteiger partial charge in [-0.25, -0.2) is 0 Å². The van der Waals surface area contributed by atoms with Crippen molar-refractivity contribution < 1.29 is 28.5 Å². The highest BCUT2D eigenvalue weighted by molar-refractivity contribution is 6.24. The molecule has 33 heavy (non-hydrogen) atoms. The molecule has 0 N–H and O–H groups in total. The molecule has 2 aliphatic rings. The number of ether oxygens (including phenoxy) is 4. The molecule has 3 aromatic rings. The van der Waals surface area contributed by atoms with Gasteiger partial charge in [0.15, 0.2) is 28.8 Å². The number of benzene rings is 3. The van der Waals surface area contributed by atoms with Crippen LogP contribution in [-0.2, 0) is 11.3 Å². The van der Waals surface area contributed by atoms with E-state index < -0.39 is 5.54 Å². The number of carbonyl (C=O) groups excluding carboxylic acids is 2. The van der Waals surface area contributed by atoms with E-state index >= 15 is 0 Å². The predicted molar refractivity (Wildman–Crippen MR) is 125 cm³/mol. The highest BCUT2D eigenvalue weighted by Gasteiger charge is 2.54. The van der Waals surface area contributed by atoms with Crippen molar-refractivity contribution in [1.29, 1.82) is 0 Å². The Morgan fingerprint density at radius 2 is 1.24 bits per heavy atom. The van der Waals surface area contributed by atoms with Gasteiger partial charge in [0.2, 0.25) is 5.91 Å². The molecule has 3 aromatic carbocycles. The number of hydrogen-bond donors (Lipinski definition) is 0. The first-order chi connectivity index (χ1) is 15.8. The molecular formula is C26H27NO6. The average Bonchev–Trinajstić information content (AvgIpc) is 3.06. The third-order valence-electron chi connectivity index (χ3n) is 7.25. The van der Waals surface area contributed by atoms with Crippen LogP contribution < -0.4 is 18.9 Å². The fourth-order valence-electron chi connectivity index (χ4n) is 5.58. The molecule has 0 saturated carbocycles. The van der Waals surface area contributed by atoms with Gasteiger partial charge in [0.25, 0.3) is 0 Å². The summed E-state index contributed by atoms with van der Waals surface area (Å²) in [4.78, 5) is 28.8. The fourth-order valence-corrected chi connectivity index (χ4v) is 5.58. The van der Waals surface area contributed by atoms with Gasteiger partial charge in [-0.1, -0.05) is 6.92 Å². The van der Waals surface area contributed by atoms with Crippen LogP contribution in [0, 0.1) is 5.92 Å². The van der Waals surface area contributed by atoms with E-state index in [1.165, 1.54) is 0 Å². The summed E-state index contributed by atoms with van der Waals surface area (Å²) in [7, 11) is 6.34. The van der Waals surface area contributed by atoms with Crippen molar-refractivity contribution in [1.82, 2.24) is 4.90 Å². The molecule has 0 aliphatic carbocycles. The molecule has 2 heterocycles. The summed E-state index contributed by atoms with van der Waals surface area (Å²) in [5, 5.41) is 3.37. The molecule has 0 spiro atoms. The van der Waals surface area contributed by atoms with E-state index in [1.54, 1.807) is 33.3 Å². The minimum atomic E-state index is -0.867. The van der Waals surface area contributed by atoms with E-state index in [0.717, 1.165) is 27.1 Å². The van der Waals surface area contributed by atoms with Gasteiger partial charge in [-0.05, 0) is 64.7 Å². The van der Waals surface area contributed by atoms with Gasteiger partial charge in [-0.15, -0.1) is 0 Å². The normalized spacial score (nSPS) is 21.9. The van der Waals surface area contributed by atoms with Gasteiger partial charge >= 0.3 is 0 Å². The Morgan fingerprint density at radius 3 is 1.76 bits per heavy atom. The zero-order valence-electron chi connectivity index (χ0n) is 19.7. The summed E-state index contributed by atoms with van der Waals surface area (Å²) in [5.41, 5.74) is 0.579. The van der Waals surface area contributed by atoms with Crippen LogP contribution in [0.2, 0.25) is 0 Å². The maximum Gasteiger partial charge on any atom is 0.226 e. The molecule has 1 saturated heterocycles.